The van der Waals surface area contributed by atoms with E-state index in [1.807, 2.05) is 4.57 Å². The van der Waals surface area contributed by atoms with Crippen LogP contribution in [0, 0.1) is 0 Å². The first-order chi connectivity index (χ1) is 11.0. The molecule has 1 aromatic carbocycles. The van der Waals surface area contributed by atoms with E-state index in [2.05, 4.69) is 4.98 Å². The molecule has 0 aliphatic carbocycles. The highest BCUT2D eigenvalue weighted by molar-refractivity contribution is 5.77. The lowest BCUT2D eigenvalue weighted by molar-refractivity contribution is -0.137. The third kappa shape index (κ3) is 3.50. The summed E-state index contributed by atoms with van der Waals surface area (Å²) in [5, 5.41) is 0. The number of imidazole rings is 1. The molecule has 0 bridgehead atoms. The predicted molar refractivity (Wildman–Crippen MR) is 81.1 cm³/mol. The normalized spacial score (nSPS) is 18.9. The molecule has 126 valence electrons. The van der Waals surface area contributed by atoms with Crippen LogP contribution >= 0.6 is 0 Å². The number of aryl methyl sites for hydroxylation is 1. The van der Waals surface area contributed by atoms with Gasteiger partial charge in [0.2, 0.25) is 0 Å². The smallest absolute Gasteiger partial charge is 0.376 e. The Morgan fingerprint density at radius 3 is 2.83 bits per heavy atom. The van der Waals surface area contributed by atoms with Crippen LogP contribution in [0.3, 0.4) is 0 Å². The third-order valence-corrected chi connectivity index (χ3v) is 4.17. The summed E-state index contributed by atoms with van der Waals surface area (Å²) in [5.41, 5.74) is 5.99. The third-order valence-electron chi connectivity index (χ3n) is 4.17. The molecule has 0 spiro atoms. The molecule has 1 atom stereocenters. The second-order valence-electron chi connectivity index (χ2n) is 5.87. The van der Waals surface area contributed by atoms with Gasteiger partial charge in [0, 0.05) is 13.0 Å². The Hall–Kier alpha value is -1.60. The summed E-state index contributed by atoms with van der Waals surface area (Å²) in [6.07, 6.45) is -0.861. The Bertz CT molecular complexity index is 675. The Kier molecular flexibility index (Phi) is 4.59. The second-order valence-corrected chi connectivity index (χ2v) is 5.87. The molecule has 0 amide bonds. The molecule has 2 heterocycles. The van der Waals surface area contributed by atoms with E-state index in [1.54, 1.807) is 0 Å². The summed E-state index contributed by atoms with van der Waals surface area (Å²) < 4.78 is 46.3. The highest BCUT2D eigenvalue weighted by atomic mass is 19.4. The summed E-state index contributed by atoms with van der Waals surface area (Å²) in [7, 11) is 0. The quantitative estimate of drug-likeness (QED) is 0.918. The number of nitrogens with zero attached hydrogens (tertiary/aromatic N) is 2. The summed E-state index contributed by atoms with van der Waals surface area (Å²) in [4.78, 5) is 4.42. The first kappa shape index (κ1) is 16.3. The van der Waals surface area contributed by atoms with Crippen molar-refractivity contribution in [2.45, 2.75) is 44.5 Å². The van der Waals surface area contributed by atoms with Crippen molar-refractivity contribution >= 4 is 11.0 Å². The van der Waals surface area contributed by atoms with Crippen molar-refractivity contribution in [1.82, 2.24) is 9.55 Å². The van der Waals surface area contributed by atoms with E-state index in [9.17, 15) is 13.2 Å². The van der Waals surface area contributed by atoms with E-state index in [4.69, 9.17) is 10.5 Å². The predicted octanol–water partition coefficient (Wildman–Crippen LogP) is 3.13. The minimum atomic E-state index is -4.36. The van der Waals surface area contributed by atoms with E-state index in [0.29, 0.717) is 25.0 Å². The summed E-state index contributed by atoms with van der Waals surface area (Å²) in [5.74, 6) is 0.778. The van der Waals surface area contributed by atoms with Crippen LogP contribution in [0.25, 0.3) is 11.0 Å². The van der Waals surface area contributed by atoms with Gasteiger partial charge in [0.1, 0.15) is 5.82 Å². The van der Waals surface area contributed by atoms with Crippen LogP contribution in [0.2, 0.25) is 0 Å². The molecule has 3 rings (SSSR count). The number of halogens is 3. The number of hydrogen-bond donors (Lipinski definition) is 1. The molecular weight excluding hydrogens is 307 g/mol. The van der Waals surface area contributed by atoms with Crippen LogP contribution in [0.15, 0.2) is 18.2 Å². The lowest BCUT2D eigenvalue weighted by Gasteiger charge is -2.14. The van der Waals surface area contributed by atoms with E-state index in [1.165, 1.54) is 6.07 Å². The van der Waals surface area contributed by atoms with Gasteiger partial charge in [-0.3, -0.25) is 0 Å². The van der Waals surface area contributed by atoms with Gasteiger partial charge >= 0.3 is 6.18 Å². The fourth-order valence-corrected chi connectivity index (χ4v) is 3.00. The van der Waals surface area contributed by atoms with Crippen molar-refractivity contribution in [3.8, 4) is 0 Å². The summed E-state index contributed by atoms with van der Waals surface area (Å²) >= 11 is 0. The highest BCUT2D eigenvalue weighted by Gasteiger charge is 2.31. The zero-order chi connectivity index (χ0) is 16.4. The topological polar surface area (TPSA) is 53.1 Å². The Balaban J connectivity index is 1.99. The molecule has 1 aliphatic rings. The minimum absolute atomic E-state index is 0.103. The highest BCUT2D eigenvalue weighted by Crippen LogP contribution is 2.32. The molecular formula is C16H20F3N3O. The van der Waals surface area contributed by atoms with Crippen molar-refractivity contribution in [3.05, 3.63) is 29.6 Å². The maximum absolute atomic E-state index is 12.9. The molecule has 0 saturated carbocycles. The maximum Gasteiger partial charge on any atom is 0.416 e. The van der Waals surface area contributed by atoms with Gasteiger partial charge in [-0.25, -0.2) is 4.98 Å². The lowest BCUT2D eigenvalue weighted by Crippen LogP contribution is -2.17. The first-order valence-electron chi connectivity index (χ1n) is 7.87. The maximum atomic E-state index is 12.9. The first-order valence-corrected chi connectivity index (χ1v) is 7.87. The molecule has 1 unspecified atom stereocenters. The number of alkyl halides is 3. The van der Waals surface area contributed by atoms with Crippen molar-refractivity contribution in [2.75, 3.05) is 13.2 Å². The van der Waals surface area contributed by atoms with Crippen LogP contribution in [-0.2, 0) is 23.9 Å². The summed E-state index contributed by atoms with van der Waals surface area (Å²) in [6, 6.07) is 3.74. The second kappa shape index (κ2) is 6.49. The minimum Gasteiger partial charge on any atom is -0.376 e. The molecule has 2 N–H and O–H groups in total. The van der Waals surface area contributed by atoms with Crippen molar-refractivity contribution in [1.29, 1.82) is 0 Å². The average molecular weight is 327 g/mol. The molecule has 7 heteroatoms. The fraction of sp³-hybridized carbons (Fsp3) is 0.562. The van der Waals surface area contributed by atoms with Gasteiger partial charge in [-0.2, -0.15) is 13.2 Å². The number of nitrogens with two attached hydrogens (primary N) is 1. The van der Waals surface area contributed by atoms with Gasteiger partial charge in [0.05, 0.1) is 29.2 Å². The number of hydrogen-bond acceptors (Lipinski definition) is 3. The molecule has 1 saturated heterocycles. The fourth-order valence-electron chi connectivity index (χ4n) is 3.00. The van der Waals surface area contributed by atoms with Gasteiger partial charge in [0.15, 0.2) is 0 Å². The zero-order valence-corrected chi connectivity index (χ0v) is 12.8. The lowest BCUT2D eigenvalue weighted by atomic mass is 10.2. The molecule has 1 aliphatic heterocycles. The number of rotatable bonds is 5. The van der Waals surface area contributed by atoms with E-state index in [-0.39, 0.29) is 6.10 Å². The molecule has 2 aromatic rings. The molecule has 0 radical (unpaired) electrons. The molecule has 4 nitrogen and oxygen atoms in total. The number of fused-ring (bicyclic) bond motifs is 1. The zero-order valence-electron chi connectivity index (χ0n) is 12.8. The van der Waals surface area contributed by atoms with Crippen LogP contribution in [0.5, 0.6) is 0 Å². The van der Waals surface area contributed by atoms with Crippen LogP contribution in [0.1, 0.15) is 30.7 Å². The van der Waals surface area contributed by atoms with Gasteiger partial charge in [0.25, 0.3) is 0 Å². The Labute approximate surface area is 132 Å². The van der Waals surface area contributed by atoms with Crippen molar-refractivity contribution in [2.24, 2.45) is 5.73 Å². The van der Waals surface area contributed by atoms with Crippen LogP contribution < -0.4 is 5.73 Å². The van der Waals surface area contributed by atoms with E-state index >= 15 is 0 Å². The van der Waals surface area contributed by atoms with Crippen molar-refractivity contribution < 1.29 is 17.9 Å². The van der Waals surface area contributed by atoms with Gasteiger partial charge in [-0.15, -0.1) is 0 Å². The van der Waals surface area contributed by atoms with Gasteiger partial charge < -0.3 is 15.0 Å². The number of aromatic nitrogens is 2. The SMILES string of the molecule is NCCCc1nc2cc(C(F)(F)F)ccc2n1CC1CCCO1. The van der Waals surface area contributed by atoms with E-state index in [0.717, 1.165) is 49.3 Å². The standard InChI is InChI=1S/C16H20F3N3O/c17-16(18,19)11-5-6-14-13(9-11)21-15(4-1-7-20)22(14)10-12-3-2-8-23-12/h5-6,9,12H,1-4,7-8,10,20H2. The van der Waals surface area contributed by atoms with Crippen LogP contribution in [-0.4, -0.2) is 28.8 Å². The van der Waals surface area contributed by atoms with E-state index < -0.39 is 11.7 Å². The van der Waals surface area contributed by atoms with Crippen molar-refractivity contribution in [3.63, 3.8) is 0 Å². The largest absolute Gasteiger partial charge is 0.416 e. The molecule has 1 fully saturated rings. The molecule has 23 heavy (non-hydrogen) atoms. The van der Waals surface area contributed by atoms with Gasteiger partial charge in [-0.05, 0) is 44.0 Å². The monoisotopic (exact) mass is 327 g/mol. The average Bonchev–Trinajstić information content (AvgIpc) is 3.12. The summed E-state index contributed by atoms with van der Waals surface area (Å²) in [6.45, 7) is 1.90. The van der Waals surface area contributed by atoms with Gasteiger partial charge in [-0.1, -0.05) is 0 Å². The van der Waals surface area contributed by atoms with Crippen LogP contribution in [0.4, 0.5) is 13.2 Å². The number of ether oxygens (including phenoxy) is 1. The Morgan fingerprint density at radius 2 is 2.17 bits per heavy atom. The number of benzene rings is 1. The molecule has 1 aromatic heterocycles. The Morgan fingerprint density at radius 1 is 1.35 bits per heavy atom.